The van der Waals surface area contributed by atoms with E-state index in [1.54, 1.807) is 24.2 Å². The van der Waals surface area contributed by atoms with Gasteiger partial charge in [0.25, 0.3) is 0 Å². The largest absolute Gasteiger partial charge is 0.357 e. The minimum absolute atomic E-state index is 0.620. The fraction of sp³-hybridized carbons (Fsp3) is 0.200. The molecule has 0 spiro atoms. The minimum atomic E-state index is 0.620. The van der Waals surface area contributed by atoms with Gasteiger partial charge >= 0.3 is 0 Å². The Morgan fingerprint density at radius 2 is 1.92 bits per heavy atom. The Morgan fingerprint density at radius 1 is 1.23 bits per heavy atom. The van der Waals surface area contributed by atoms with Gasteiger partial charge in [-0.1, -0.05) is 11.8 Å². The number of hydrogen-bond donors (Lipinski definition) is 1. The van der Waals surface area contributed by atoms with E-state index in [4.69, 9.17) is 0 Å². The second kappa shape index (κ2) is 7.14. The highest BCUT2D eigenvalue weighted by atomic mass is 32.2. The maximum absolute atomic E-state index is 11.4. The number of aliphatic imine (C=N–C) groups is 1. The van der Waals surface area contributed by atoms with Gasteiger partial charge in [0.2, 0.25) is 0 Å². The van der Waals surface area contributed by atoms with Gasteiger partial charge in [-0.05, 0) is 51.0 Å². The first kappa shape index (κ1) is 17.9. The van der Waals surface area contributed by atoms with Crippen LogP contribution in [-0.2, 0) is 4.79 Å². The standard InChI is InChI=1S/C20H18N4OS/c1-11-16(9-21)13(3)23-18(11)20(26-15-5-7-22-8-6-15)19-12(2)17(10-25)14(4)24-19/h5-8,10,23H,1-4H3/b20-19+. The summed E-state index contributed by atoms with van der Waals surface area (Å²) >= 11 is 1.55. The molecule has 0 amide bonds. The summed E-state index contributed by atoms with van der Waals surface area (Å²) < 4.78 is 0. The Kier molecular flexibility index (Phi) is 4.92. The molecule has 0 aromatic carbocycles. The number of pyridine rings is 1. The third-order valence-electron chi connectivity index (χ3n) is 4.41. The Morgan fingerprint density at radius 3 is 2.46 bits per heavy atom. The van der Waals surface area contributed by atoms with Crippen LogP contribution < -0.4 is 0 Å². The molecule has 0 unspecified atom stereocenters. The number of rotatable bonds is 4. The summed E-state index contributed by atoms with van der Waals surface area (Å²) in [4.78, 5) is 25.4. The normalized spacial score (nSPS) is 15.7. The molecule has 0 aliphatic carbocycles. The summed E-state index contributed by atoms with van der Waals surface area (Å²) in [5, 5.41) is 9.44. The molecule has 0 saturated heterocycles. The zero-order chi connectivity index (χ0) is 18.8. The van der Waals surface area contributed by atoms with Gasteiger partial charge in [-0.2, -0.15) is 5.26 Å². The van der Waals surface area contributed by atoms with E-state index in [1.807, 2.05) is 39.8 Å². The predicted octanol–water partition coefficient (Wildman–Crippen LogP) is 4.35. The number of nitrogens with one attached hydrogen (secondary N) is 1. The number of allylic oxidation sites excluding steroid dienone is 2. The van der Waals surface area contributed by atoms with Gasteiger partial charge in [-0.25, -0.2) is 0 Å². The van der Waals surface area contributed by atoms with Crippen LogP contribution >= 0.6 is 11.8 Å². The molecule has 1 N–H and O–H groups in total. The molecule has 1 aliphatic rings. The predicted molar refractivity (Wildman–Crippen MR) is 104 cm³/mol. The van der Waals surface area contributed by atoms with E-state index in [0.717, 1.165) is 44.3 Å². The summed E-state index contributed by atoms with van der Waals surface area (Å²) in [6.45, 7) is 7.55. The number of nitriles is 1. The van der Waals surface area contributed by atoms with Crippen LogP contribution in [0, 0.1) is 25.2 Å². The van der Waals surface area contributed by atoms with Crippen molar-refractivity contribution in [2.45, 2.75) is 32.6 Å². The second-order valence-corrected chi connectivity index (χ2v) is 7.14. The SMILES string of the molecule is CC1=N/C(=C(/Sc2ccncc2)c2[nH]c(C)c(C#N)c2C)C(C)=C1C=O. The topological polar surface area (TPSA) is 81.9 Å². The Hall–Kier alpha value is -2.91. The number of aldehydes is 1. The minimum Gasteiger partial charge on any atom is -0.357 e. The highest BCUT2D eigenvalue weighted by Gasteiger charge is 2.25. The van der Waals surface area contributed by atoms with E-state index in [1.165, 1.54) is 0 Å². The third kappa shape index (κ3) is 3.02. The third-order valence-corrected chi connectivity index (χ3v) is 5.52. The number of aryl methyl sites for hydroxylation is 1. The fourth-order valence-corrected chi connectivity index (χ4v) is 4.09. The van der Waals surface area contributed by atoms with Crippen molar-refractivity contribution < 1.29 is 4.79 Å². The summed E-state index contributed by atoms with van der Waals surface area (Å²) in [5.41, 5.74) is 6.15. The van der Waals surface area contributed by atoms with E-state index in [-0.39, 0.29) is 0 Å². The average molecular weight is 362 g/mol. The van der Waals surface area contributed by atoms with Crippen LogP contribution in [0.25, 0.3) is 4.91 Å². The lowest BCUT2D eigenvalue weighted by molar-refractivity contribution is -0.104. The number of carbonyl (C=O) groups excluding carboxylic acids is 1. The van der Waals surface area contributed by atoms with Crippen molar-refractivity contribution >= 4 is 28.7 Å². The van der Waals surface area contributed by atoms with Gasteiger partial charge in [0.05, 0.1) is 21.9 Å². The molecule has 2 aromatic rings. The number of carbonyl (C=O) groups is 1. The van der Waals surface area contributed by atoms with Crippen molar-refractivity contribution in [3.8, 4) is 6.07 Å². The highest BCUT2D eigenvalue weighted by molar-refractivity contribution is 8.08. The molecule has 0 fully saturated rings. The summed E-state index contributed by atoms with van der Waals surface area (Å²) in [6.07, 6.45) is 4.32. The molecule has 3 rings (SSSR count). The zero-order valence-corrected chi connectivity index (χ0v) is 15.9. The van der Waals surface area contributed by atoms with Crippen molar-refractivity contribution in [1.29, 1.82) is 5.26 Å². The van der Waals surface area contributed by atoms with Gasteiger partial charge in [0.1, 0.15) is 6.07 Å². The van der Waals surface area contributed by atoms with Crippen LogP contribution in [0.3, 0.4) is 0 Å². The van der Waals surface area contributed by atoms with Crippen molar-refractivity contribution in [2.75, 3.05) is 0 Å². The van der Waals surface area contributed by atoms with Crippen LogP contribution in [0.5, 0.6) is 0 Å². The van der Waals surface area contributed by atoms with E-state index in [0.29, 0.717) is 16.8 Å². The van der Waals surface area contributed by atoms with Gasteiger partial charge in [-0.3, -0.25) is 14.8 Å². The van der Waals surface area contributed by atoms with E-state index >= 15 is 0 Å². The van der Waals surface area contributed by atoms with E-state index in [2.05, 4.69) is 21.0 Å². The van der Waals surface area contributed by atoms with Crippen molar-refractivity contribution in [1.82, 2.24) is 9.97 Å². The molecule has 26 heavy (non-hydrogen) atoms. The number of hydrogen-bond acceptors (Lipinski definition) is 5. The van der Waals surface area contributed by atoms with Gasteiger partial charge in [-0.15, -0.1) is 0 Å². The monoisotopic (exact) mass is 362 g/mol. The van der Waals surface area contributed by atoms with Crippen molar-refractivity contribution in [2.24, 2.45) is 4.99 Å². The van der Waals surface area contributed by atoms with Crippen LogP contribution in [0.1, 0.15) is 36.4 Å². The van der Waals surface area contributed by atoms with Gasteiger partial charge < -0.3 is 4.98 Å². The second-order valence-electron chi connectivity index (χ2n) is 6.05. The molecule has 6 heteroatoms. The lowest BCUT2D eigenvalue weighted by Gasteiger charge is -2.11. The van der Waals surface area contributed by atoms with Crippen LogP contribution in [0.2, 0.25) is 0 Å². The molecule has 2 aromatic heterocycles. The molecule has 1 aliphatic heterocycles. The van der Waals surface area contributed by atoms with Crippen LogP contribution in [0.15, 0.2) is 51.3 Å². The molecule has 0 atom stereocenters. The number of H-pyrrole nitrogens is 1. The van der Waals surface area contributed by atoms with Crippen molar-refractivity contribution in [3.63, 3.8) is 0 Å². The van der Waals surface area contributed by atoms with Gasteiger partial charge in [0.15, 0.2) is 6.29 Å². The Bertz CT molecular complexity index is 1020. The summed E-state index contributed by atoms with van der Waals surface area (Å²) in [7, 11) is 0. The molecular formula is C20H18N4OS. The number of aromatic nitrogens is 2. The molecule has 130 valence electrons. The smallest absolute Gasteiger partial charge is 0.152 e. The molecule has 5 nitrogen and oxygen atoms in total. The number of aromatic amines is 1. The highest BCUT2D eigenvalue weighted by Crippen LogP contribution is 2.43. The van der Waals surface area contributed by atoms with E-state index < -0.39 is 0 Å². The summed E-state index contributed by atoms with van der Waals surface area (Å²) in [5.74, 6) is 0. The first-order valence-electron chi connectivity index (χ1n) is 8.11. The quantitative estimate of drug-likeness (QED) is 0.647. The number of nitrogens with zero attached hydrogens (tertiary/aromatic N) is 3. The molecular weight excluding hydrogens is 344 g/mol. The Labute approximate surface area is 156 Å². The van der Waals surface area contributed by atoms with Crippen LogP contribution in [0.4, 0.5) is 0 Å². The molecule has 0 saturated carbocycles. The van der Waals surface area contributed by atoms with Crippen LogP contribution in [-0.4, -0.2) is 22.0 Å². The molecule has 3 heterocycles. The van der Waals surface area contributed by atoms with Crippen molar-refractivity contribution in [3.05, 3.63) is 63.9 Å². The first-order valence-corrected chi connectivity index (χ1v) is 8.93. The fourth-order valence-electron chi connectivity index (χ4n) is 2.99. The first-order chi connectivity index (χ1) is 12.5. The molecule has 0 radical (unpaired) electrons. The number of thioether (sulfide) groups is 1. The van der Waals surface area contributed by atoms with E-state index in [9.17, 15) is 10.1 Å². The Balaban J connectivity index is 2.26. The van der Waals surface area contributed by atoms with Gasteiger partial charge in [0, 0.05) is 34.3 Å². The summed E-state index contributed by atoms with van der Waals surface area (Å²) in [6, 6.07) is 6.10. The average Bonchev–Trinajstić information content (AvgIpc) is 3.08. The zero-order valence-electron chi connectivity index (χ0n) is 15.0. The lowest BCUT2D eigenvalue weighted by atomic mass is 10.1. The lowest BCUT2D eigenvalue weighted by Crippen LogP contribution is -1.95. The maximum atomic E-state index is 11.4. The maximum Gasteiger partial charge on any atom is 0.152 e. The molecule has 0 bridgehead atoms.